The van der Waals surface area contributed by atoms with Gasteiger partial charge in [-0.3, -0.25) is 9.97 Å². The highest BCUT2D eigenvalue weighted by Crippen LogP contribution is 2.27. The summed E-state index contributed by atoms with van der Waals surface area (Å²) in [5.74, 6) is 0.926. The Morgan fingerprint density at radius 3 is 1.62 bits per heavy atom. The van der Waals surface area contributed by atoms with Crippen LogP contribution in [0.4, 0.5) is 0 Å². The lowest BCUT2D eigenvalue weighted by molar-refractivity contribution is -0.139. The molecule has 210 valence electrons. The maximum atomic E-state index is 12.3. The number of carbonyl (C=O) groups is 2. The second-order valence-electron chi connectivity index (χ2n) is 9.91. The Hall–Kier alpha value is -5.24. The second-order valence-corrected chi connectivity index (χ2v) is 9.91. The molecule has 0 saturated heterocycles. The number of hydrogen-bond acceptors (Lipinski definition) is 8. The minimum atomic E-state index is -0.439. The Morgan fingerprint density at radius 2 is 1.14 bits per heavy atom. The molecule has 2 aliphatic rings. The van der Waals surface area contributed by atoms with E-state index in [4.69, 9.17) is 18.9 Å². The number of fused-ring (bicyclic) bond motifs is 2. The Morgan fingerprint density at radius 1 is 0.667 bits per heavy atom. The fraction of sp³-hybridized carbons (Fsp3) is 0.176. The van der Waals surface area contributed by atoms with Crippen molar-refractivity contribution in [1.82, 2.24) is 9.97 Å². The van der Waals surface area contributed by atoms with Crippen molar-refractivity contribution in [3.05, 3.63) is 119 Å². The van der Waals surface area contributed by atoms with E-state index in [1.807, 2.05) is 48.5 Å². The van der Waals surface area contributed by atoms with Crippen LogP contribution in [0.25, 0.3) is 23.5 Å². The van der Waals surface area contributed by atoms with E-state index in [1.54, 1.807) is 36.7 Å². The van der Waals surface area contributed by atoms with Crippen LogP contribution in [-0.2, 0) is 45.1 Å². The van der Waals surface area contributed by atoms with Crippen LogP contribution in [0.3, 0.4) is 0 Å². The van der Waals surface area contributed by atoms with Crippen LogP contribution in [0.15, 0.2) is 85.2 Å². The van der Waals surface area contributed by atoms with E-state index >= 15 is 0 Å². The average Bonchev–Trinajstić information content (AvgIpc) is 3.70. The molecule has 0 spiro atoms. The molecule has 0 bridgehead atoms. The van der Waals surface area contributed by atoms with Crippen LogP contribution in [0, 0.1) is 0 Å². The van der Waals surface area contributed by atoms with Crippen molar-refractivity contribution in [2.75, 3.05) is 13.2 Å². The van der Waals surface area contributed by atoms with E-state index in [1.165, 1.54) is 12.2 Å². The van der Waals surface area contributed by atoms with Crippen LogP contribution >= 0.6 is 0 Å². The van der Waals surface area contributed by atoms with Gasteiger partial charge in [-0.05, 0) is 94.1 Å². The number of esters is 2. The molecular formula is C34H28N2O6. The smallest absolute Gasteiger partial charge is 0.331 e. The Labute approximate surface area is 243 Å². The molecule has 0 radical (unpaired) electrons. The van der Waals surface area contributed by atoms with E-state index in [-0.39, 0.29) is 13.2 Å². The number of pyridine rings is 2. The molecule has 6 rings (SSSR count). The van der Waals surface area contributed by atoms with Gasteiger partial charge in [0, 0.05) is 37.4 Å². The van der Waals surface area contributed by atoms with Crippen molar-refractivity contribution >= 4 is 24.1 Å². The number of nitrogens with zero attached hydrogens (tertiary/aromatic N) is 2. The zero-order valence-electron chi connectivity index (χ0n) is 22.8. The lowest BCUT2D eigenvalue weighted by Gasteiger charge is -2.07. The number of carbonyl (C=O) groups excluding carboxylic acids is 2. The molecule has 0 atom stereocenters. The first-order chi connectivity index (χ1) is 20.6. The van der Waals surface area contributed by atoms with E-state index in [9.17, 15) is 9.59 Å². The SMILES string of the molecule is O=C(/C=C/c1ccc2c(c1)CCO2)OCc1ccnc(-c2cc(COC(=O)/C=C/c3ccc4c(c3)CCO4)ccn2)c1. The molecule has 4 aromatic rings. The molecule has 0 saturated carbocycles. The molecule has 0 fully saturated rings. The van der Waals surface area contributed by atoms with Crippen molar-refractivity contribution in [2.45, 2.75) is 26.1 Å². The van der Waals surface area contributed by atoms with Crippen LogP contribution in [0.2, 0.25) is 0 Å². The topological polar surface area (TPSA) is 96.8 Å². The second kappa shape index (κ2) is 12.5. The van der Waals surface area contributed by atoms with Gasteiger partial charge in [0.25, 0.3) is 0 Å². The van der Waals surface area contributed by atoms with Gasteiger partial charge in [0.2, 0.25) is 0 Å². The van der Waals surface area contributed by atoms with Crippen molar-refractivity contribution in [2.24, 2.45) is 0 Å². The highest BCUT2D eigenvalue weighted by molar-refractivity contribution is 5.87. The first-order valence-corrected chi connectivity index (χ1v) is 13.7. The van der Waals surface area contributed by atoms with E-state index in [2.05, 4.69) is 9.97 Å². The minimum Gasteiger partial charge on any atom is -0.493 e. The molecule has 2 aliphatic heterocycles. The van der Waals surface area contributed by atoms with E-state index in [0.29, 0.717) is 24.6 Å². The Kier molecular flexibility index (Phi) is 8.03. The quantitative estimate of drug-likeness (QED) is 0.195. The third-order valence-corrected chi connectivity index (χ3v) is 6.92. The fourth-order valence-corrected chi connectivity index (χ4v) is 4.76. The van der Waals surface area contributed by atoms with E-state index in [0.717, 1.165) is 57.7 Å². The van der Waals surface area contributed by atoms with Crippen molar-refractivity contribution in [1.29, 1.82) is 0 Å². The van der Waals surface area contributed by atoms with Gasteiger partial charge >= 0.3 is 11.9 Å². The Balaban J connectivity index is 1.02. The third-order valence-electron chi connectivity index (χ3n) is 6.92. The normalized spacial score (nSPS) is 13.4. The van der Waals surface area contributed by atoms with Gasteiger partial charge < -0.3 is 18.9 Å². The summed E-state index contributed by atoms with van der Waals surface area (Å²) in [6.07, 6.45) is 11.3. The molecule has 8 heteroatoms. The molecule has 2 aromatic carbocycles. The van der Waals surface area contributed by atoms with Gasteiger partial charge in [0.15, 0.2) is 0 Å². The summed E-state index contributed by atoms with van der Waals surface area (Å²) < 4.78 is 21.9. The van der Waals surface area contributed by atoms with Crippen molar-refractivity contribution in [3.8, 4) is 22.9 Å². The van der Waals surface area contributed by atoms with Crippen molar-refractivity contribution < 1.29 is 28.5 Å². The number of benzene rings is 2. The third kappa shape index (κ3) is 6.72. The summed E-state index contributed by atoms with van der Waals surface area (Å²) in [5, 5.41) is 0. The zero-order chi connectivity index (χ0) is 28.7. The molecule has 42 heavy (non-hydrogen) atoms. The average molecular weight is 561 g/mol. The summed E-state index contributed by atoms with van der Waals surface area (Å²) in [5.41, 5.74) is 6.92. The molecule has 4 heterocycles. The number of ether oxygens (including phenoxy) is 4. The van der Waals surface area contributed by atoms with Gasteiger partial charge in [0.1, 0.15) is 24.7 Å². The first-order valence-electron chi connectivity index (χ1n) is 13.7. The number of aromatic nitrogens is 2. The molecule has 0 N–H and O–H groups in total. The first kappa shape index (κ1) is 27.0. The van der Waals surface area contributed by atoms with Crippen LogP contribution in [0.1, 0.15) is 33.4 Å². The molecule has 0 amide bonds. The molecule has 0 unspecified atom stereocenters. The summed E-state index contributed by atoms with van der Waals surface area (Å²) in [6, 6.07) is 18.9. The standard InChI is InChI=1S/C34H28N2O6/c37-33(7-3-23-1-5-31-27(17-23)11-15-39-31)41-21-25-9-13-35-29(19-25)30-20-26(10-14-36-30)22-42-34(38)8-4-24-2-6-32-28(18-24)12-16-40-32/h1-10,13-14,17-20H,11-12,15-16,21-22H2/b7-3+,8-4+. The molecule has 0 aliphatic carbocycles. The maximum absolute atomic E-state index is 12.3. The summed E-state index contributed by atoms with van der Waals surface area (Å²) >= 11 is 0. The monoisotopic (exact) mass is 560 g/mol. The predicted octanol–water partition coefficient (Wildman–Crippen LogP) is 5.53. The fourth-order valence-electron chi connectivity index (χ4n) is 4.76. The van der Waals surface area contributed by atoms with Gasteiger partial charge in [0.05, 0.1) is 24.6 Å². The zero-order valence-corrected chi connectivity index (χ0v) is 22.8. The minimum absolute atomic E-state index is 0.0948. The van der Waals surface area contributed by atoms with Crippen molar-refractivity contribution in [3.63, 3.8) is 0 Å². The van der Waals surface area contributed by atoms with Crippen LogP contribution in [-0.4, -0.2) is 35.1 Å². The predicted molar refractivity (Wildman–Crippen MR) is 156 cm³/mol. The largest absolute Gasteiger partial charge is 0.493 e. The van der Waals surface area contributed by atoms with Gasteiger partial charge in [-0.2, -0.15) is 0 Å². The maximum Gasteiger partial charge on any atom is 0.331 e. The lowest BCUT2D eigenvalue weighted by atomic mass is 10.1. The van der Waals surface area contributed by atoms with Crippen LogP contribution in [0.5, 0.6) is 11.5 Å². The number of rotatable bonds is 9. The highest BCUT2D eigenvalue weighted by atomic mass is 16.5. The van der Waals surface area contributed by atoms with Gasteiger partial charge in [-0.25, -0.2) is 9.59 Å². The van der Waals surface area contributed by atoms with Crippen LogP contribution < -0.4 is 9.47 Å². The Bertz CT molecular complexity index is 1570. The molecule has 2 aromatic heterocycles. The van der Waals surface area contributed by atoms with E-state index < -0.39 is 11.9 Å². The summed E-state index contributed by atoms with van der Waals surface area (Å²) in [6.45, 7) is 1.57. The lowest BCUT2D eigenvalue weighted by Crippen LogP contribution is -2.02. The highest BCUT2D eigenvalue weighted by Gasteiger charge is 2.13. The summed E-state index contributed by atoms with van der Waals surface area (Å²) in [7, 11) is 0. The number of hydrogen-bond donors (Lipinski definition) is 0. The van der Waals surface area contributed by atoms with Gasteiger partial charge in [-0.15, -0.1) is 0 Å². The van der Waals surface area contributed by atoms with Gasteiger partial charge in [-0.1, -0.05) is 12.1 Å². The molecular weight excluding hydrogens is 532 g/mol. The molecule has 8 nitrogen and oxygen atoms in total. The summed E-state index contributed by atoms with van der Waals surface area (Å²) in [4.78, 5) is 33.4.